The maximum Gasteiger partial charge on any atom is 0.220 e. The highest BCUT2D eigenvalue weighted by molar-refractivity contribution is 5.86. The van der Waals surface area contributed by atoms with E-state index in [9.17, 15) is 4.79 Å². The van der Waals surface area contributed by atoms with E-state index in [1.165, 1.54) is 19.3 Å². The van der Waals surface area contributed by atoms with Crippen LogP contribution in [-0.2, 0) is 4.79 Å². The number of hydrogen-bond donors (Lipinski definition) is 2. The van der Waals surface area contributed by atoms with Crippen LogP contribution in [0.15, 0.2) is 0 Å². The van der Waals surface area contributed by atoms with Crippen LogP contribution < -0.4 is 11.1 Å². The number of likely N-dealkylation sites (N-methyl/N-ethyl adjacent to an activating group) is 1. The number of nitrogens with one attached hydrogen (secondary N) is 1. The number of carbonyl (C=O) groups is 1. The molecule has 1 amide bonds. The number of nitrogens with two attached hydrogens (primary N) is 1. The summed E-state index contributed by atoms with van der Waals surface area (Å²) in [6.07, 6.45) is 6.62. The summed E-state index contributed by atoms with van der Waals surface area (Å²) in [5, 5.41) is 3.11. The molecule has 0 spiro atoms. The van der Waals surface area contributed by atoms with Crippen molar-refractivity contribution < 1.29 is 4.79 Å². The summed E-state index contributed by atoms with van der Waals surface area (Å²) in [6, 6.07) is 0. The summed E-state index contributed by atoms with van der Waals surface area (Å²) in [5.41, 5.74) is 6.04. The van der Waals surface area contributed by atoms with Crippen LogP contribution in [0.25, 0.3) is 0 Å². The maximum absolute atomic E-state index is 12.2. The summed E-state index contributed by atoms with van der Waals surface area (Å²) in [5.74, 6) is 0.194. The van der Waals surface area contributed by atoms with Crippen LogP contribution in [0.5, 0.6) is 0 Å². The Morgan fingerprint density at radius 3 is 2.08 bits per heavy atom. The standard InChI is InChI=1S/C17H34N4O.3ClH/c1-2-20-10-12-21(13-11-20)9-8-19-16(22)14-17(15-18)6-4-3-5-7-17;;;/h2-15,18H2,1H3,(H,19,22);3*1H. The third-order valence-corrected chi connectivity index (χ3v) is 5.55. The fourth-order valence-corrected chi connectivity index (χ4v) is 3.84. The Bertz CT molecular complexity index is 347. The van der Waals surface area contributed by atoms with E-state index in [0.717, 1.165) is 58.7 Å². The average Bonchev–Trinajstić information content (AvgIpc) is 2.56. The molecule has 0 bridgehead atoms. The van der Waals surface area contributed by atoms with Gasteiger partial charge in [0.15, 0.2) is 0 Å². The molecule has 2 aliphatic rings. The van der Waals surface area contributed by atoms with Crippen molar-refractivity contribution in [3.05, 3.63) is 0 Å². The van der Waals surface area contributed by atoms with Crippen molar-refractivity contribution in [2.24, 2.45) is 11.1 Å². The first-order valence-corrected chi connectivity index (χ1v) is 9.09. The number of carbonyl (C=O) groups excluding carboxylic acids is 1. The first-order chi connectivity index (χ1) is 10.7. The van der Waals surface area contributed by atoms with Crippen molar-refractivity contribution in [2.75, 3.05) is 52.4 Å². The fourth-order valence-electron chi connectivity index (χ4n) is 3.84. The normalized spacial score (nSPS) is 20.6. The first kappa shape index (κ1) is 27.4. The molecule has 1 saturated carbocycles. The van der Waals surface area contributed by atoms with Gasteiger partial charge in [0.05, 0.1) is 0 Å². The van der Waals surface area contributed by atoms with Crippen LogP contribution in [0, 0.1) is 5.41 Å². The molecule has 2 rings (SSSR count). The van der Waals surface area contributed by atoms with E-state index >= 15 is 0 Å². The Balaban J connectivity index is 0. The van der Waals surface area contributed by atoms with Crippen LogP contribution in [0.1, 0.15) is 45.4 Å². The second kappa shape index (κ2) is 14.3. The van der Waals surface area contributed by atoms with E-state index in [4.69, 9.17) is 5.73 Å². The van der Waals surface area contributed by atoms with Crippen LogP contribution >= 0.6 is 37.2 Å². The van der Waals surface area contributed by atoms with Gasteiger partial charge in [-0.15, -0.1) is 37.2 Å². The smallest absolute Gasteiger partial charge is 0.220 e. The van der Waals surface area contributed by atoms with Gasteiger partial charge in [-0.25, -0.2) is 0 Å². The summed E-state index contributed by atoms with van der Waals surface area (Å²) < 4.78 is 0. The number of halogens is 3. The van der Waals surface area contributed by atoms with Gasteiger partial charge in [-0.2, -0.15) is 0 Å². The molecule has 25 heavy (non-hydrogen) atoms. The first-order valence-electron chi connectivity index (χ1n) is 9.09. The molecule has 0 aromatic carbocycles. The molecule has 2 fully saturated rings. The maximum atomic E-state index is 12.2. The number of amides is 1. The van der Waals surface area contributed by atoms with E-state index in [1.54, 1.807) is 0 Å². The average molecular weight is 420 g/mol. The predicted molar refractivity (Wildman–Crippen MR) is 112 cm³/mol. The van der Waals surface area contributed by atoms with Crippen molar-refractivity contribution in [1.82, 2.24) is 15.1 Å². The van der Waals surface area contributed by atoms with E-state index < -0.39 is 0 Å². The highest BCUT2D eigenvalue weighted by Gasteiger charge is 2.32. The van der Waals surface area contributed by atoms with Crippen LogP contribution in [0.3, 0.4) is 0 Å². The predicted octanol–water partition coefficient (Wildman–Crippen LogP) is 2.30. The molecule has 152 valence electrons. The Labute approximate surface area is 172 Å². The zero-order chi connectivity index (χ0) is 15.8. The van der Waals surface area contributed by atoms with E-state index in [1.807, 2.05) is 0 Å². The fraction of sp³-hybridized carbons (Fsp3) is 0.941. The summed E-state index contributed by atoms with van der Waals surface area (Å²) in [4.78, 5) is 17.1. The van der Waals surface area contributed by atoms with Crippen LogP contribution in [0.4, 0.5) is 0 Å². The number of rotatable bonds is 7. The minimum absolute atomic E-state index is 0. The molecule has 1 heterocycles. The van der Waals surface area contributed by atoms with Crippen molar-refractivity contribution in [3.63, 3.8) is 0 Å². The van der Waals surface area contributed by atoms with Crippen LogP contribution in [-0.4, -0.2) is 68.1 Å². The Hall–Kier alpha value is 0.220. The van der Waals surface area contributed by atoms with Gasteiger partial charge in [0.1, 0.15) is 0 Å². The van der Waals surface area contributed by atoms with E-state index in [-0.39, 0.29) is 48.5 Å². The highest BCUT2D eigenvalue weighted by atomic mass is 35.5. The Morgan fingerprint density at radius 2 is 1.56 bits per heavy atom. The Kier molecular flexibility index (Phi) is 15.7. The number of hydrogen-bond acceptors (Lipinski definition) is 4. The lowest BCUT2D eigenvalue weighted by Gasteiger charge is -2.36. The minimum Gasteiger partial charge on any atom is -0.355 e. The molecule has 3 N–H and O–H groups in total. The third-order valence-electron chi connectivity index (χ3n) is 5.55. The van der Waals surface area contributed by atoms with E-state index in [0.29, 0.717) is 13.0 Å². The highest BCUT2D eigenvalue weighted by Crippen LogP contribution is 2.38. The molecule has 0 radical (unpaired) electrons. The van der Waals surface area contributed by atoms with Crippen molar-refractivity contribution in [2.45, 2.75) is 45.4 Å². The lowest BCUT2D eigenvalue weighted by Crippen LogP contribution is -2.48. The molecule has 1 saturated heterocycles. The summed E-state index contributed by atoms with van der Waals surface area (Å²) in [6.45, 7) is 10.3. The van der Waals surface area contributed by atoms with Gasteiger partial charge in [-0.05, 0) is 31.3 Å². The molecule has 1 aliphatic heterocycles. The third kappa shape index (κ3) is 9.12. The van der Waals surface area contributed by atoms with Crippen molar-refractivity contribution in [1.29, 1.82) is 0 Å². The molecule has 8 heteroatoms. The van der Waals surface area contributed by atoms with Gasteiger partial charge in [-0.3, -0.25) is 9.69 Å². The topological polar surface area (TPSA) is 61.6 Å². The zero-order valence-corrected chi connectivity index (χ0v) is 18.0. The molecule has 0 aromatic heterocycles. The zero-order valence-electron chi connectivity index (χ0n) is 15.5. The second-order valence-corrected chi connectivity index (χ2v) is 7.07. The largest absolute Gasteiger partial charge is 0.355 e. The van der Waals surface area contributed by atoms with Crippen molar-refractivity contribution in [3.8, 4) is 0 Å². The van der Waals surface area contributed by atoms with Gasteiger partial charge < -0.3 is 16.0 Å². The van der Waals surface area contributed by atoms with E-state index in [2.05, 4.69) is 22.0 Å². The molecule has 0 unspecified atom stereocenters. The molecule has 0 atom stereocenters. The molecule has 1 aliphatic carbocycles. The van der Waals surface area contributed by atoms with Gasteiger partial charge in [0.2, 0.25) is 5.91 Å². The van der Waals surface area contributed by atoms with Crippen LogP contribution in [0.2, 0.25) is 0 Å². The van der Waals surface area contributed by atoms with Gasteiger partial charge in [0.25, 0.3) is 0 Å². The monoisotopic (exact) mass is 418 g/mol. The minimum atomic E-state index is 0. The Morgan fingerprint density at radius 1 is 1.00 bits per heavy atom. The summed E-state index contributed by atoms with van der Waals surface area (Å²) in [7, 11) is 0. The quantitative estimate of drug-likeness (QED) is 0.664. The number of piperazine rings is 1. The van der Waals surface area contributed by atoms with Crippen molar-refractivity contribution >= 4 is 43.1 Å². The lowest BCUT2D eigenvalue weighted by molar-refractivity contribution is -0.123. The lowest BCUT2D eigenvalue weighted by atomic mass is 9.71. The van der Waals surface area contributed by atoms with Gasteiger partial charge in [0, 0.05) is 45.7 Å². The van der Waals surface area contributed by atoms with Gasteiger partial charge >= 0.3 is 0 Å². The van der Waals surface area contributed by atoms with Gasteiger partial charge in [-0.1, -0.05) is 26.2 Å². The SMILES string of the molecule is CCN1CCN(CCNC(=O)CC2(CN)CCCCC2)CC1.Cl.Cl.Cl. The number of nitrogens with zero attached hydrogens (tertiary/aromatic N) is 2. The molecular formula is C17H37Cl3N4O. The molecule has 5 nitrogen and oxygen atoms in total. The molecular weight excluding hydrogens is 383 g/mol. The second-order valence-electron chi connectivity index (χ2n) is 7.07. The molecule has 0 aromatic rings. The summed E-state index contributed by atoms with van der Waals surface area (Å²) >= 11 is 0.